The third-order valence-electron chi connectivity index (χ3n) is 2.56. The van der Waals surface area contributed by atoms with E-state index in [0.717, 1.165) is 22.1 Å². The molecular formula is C12H15ClN4S. The van der Waals surface area contributed by atoms with Gasteiger partial charge in [0.1, 0.15) is 21.8 Å². The topological polar surface area (TPSA) is 50.7 Å². The number of rotatable bonds is 3. The number of aromatic nitrogens is 3. The molecule has 1 unspecified atom stereocenters. The van der Waals surface area contributed by atoms with Crippen molar-refractivity contribution in [3.63, 3.8) is 0 Å². The number of aryl methyl sites for hydroxylation is 2. The van der Waals surface area contributed by atoms with E-state index >= 15 is 0 Å². The average Bonchev–Trinajstić information content (AvgIpc) is 2.72. The zero-order valence-electron chi connectivity index (χ0n) is 10.8. The molecule has 0 saturated heterocycles. The van der Waals surface area contributed by atoms with E-state index in [0.29, 0.717) is 11.0 Å². The maximum absolute atomic E-state index is 6.05. The molecule has 6 heteroatoms. The maximum Gasteiger partial charge on any atom is 0.137 e. The smallest absolute Gasteiger partial charge is 0.137 e. The Morgan fingerprint density at radius 2 is 1.94 bits per heavy atom. The first-order valence-electron chi connectivity index (χ1n) is 5.66. The Labute approximate surface area is 115 Å². The molecule has 0 fully saturated rings. The minimum Gasteiger partial charge on any atom is -0.361 e. The largest absolute Gasteiger partial charge is 0.361 e. The first-order valence-corrected chi connectivity index (χ1v) is 6.92. The Morgan fingerprint density at radius 1 is 1.22 bits per heavy atom. The molecule has 0 radical (unpaired) electrons. The van der Waals surface area contributed by atoms with Gasteiger partial charge >= 0.3 is 0 Å². The van der Waals surface area contributed by atoms with Gasteiger partial charge in [0.25, 0.3) is 0 Å². The lowest BCUT2D eigenvalue weighted by molar-refractivity contribution is 0.846. The maximum atomic E-state index is 6.05. The molecule has 1 atom stereocenters. The van der Waals surface area contributed by atoms with Crippen molar-refractivity contribution in [3.05, 3.63) is 32.6 Å². The lowest BCUT2D eigenvalue weighted by Gasteiger charge is -2.14. The van der Waals surface area contributed by atoms with Crippen LogP contribution in [0.15, 0.2) is 5.38 Å². The van der Waals surface area contributed by atoms with Crippen molar-refractivity contribution in [2.45, 2.75) is 33.7 Å². The van der Waals surface area contributed by atoms with Gasteiger partial charge < -0.3 is 5.32 Å². The van der Waals surface area contributed by atoms with Gasteiger partial charge in [-0.25, -0.2) is 15.0 Å². The van der Waals surface area contributed by atoms with E-state index in [1.54, 1.807) is 11.3 Å². The summed E-state index contributed by atoms with van der Waals surface area (Å²) in [5.41, 5.74) is 1.90. The third kappa shape index (κ3) is 2.79. The van der Waals surface area contributed by atoms with Crippen LogP contribution in [0, 0.1) is 20.8 Å². The fourth-order valence-corrected chi connectivity index (χ4v) is 2.59. The van der Waals surface area contributed by atoms with Crippen LogP contribution in [0.5, 0.6) is 0 Å². The summed E-state index contributed by atoms with van der Waals surface area (Å²) in [4.78, 5) is 13.0. The van der Waals surface area contributed by atoms with Crippen molar-refractivity contribution in [2.24, 2.45) is 0 Å². The Kier molecular flexibility index (Phi) is 3.82. The summed E-state index contributed by atoms with van der Waals surface area (Å²) in [6.45, 7) is 7.78. The fraction of sp³-hybridized carbons (Fsp3) is 0.417. The minimum absolute atomic E-state index is 0.104. The summed E-state index contributed by atoms with van der Waals surface area (Å²) in [5.74, 6) is 1.43. The fourth-order valence-electron chi connectivity index (χ4n) is 1.57. The average molecular weight is 283 g/mol. The highest BCUT2D eigenvalue weighted by Crippen LogP contribution is 2.25. The van der Waals surface area contributed by atoms with Crippen molar-refractivity contribution in [1.82, 2.24) is 15.0 Å². The number of hydrogen-bond acceptors (Lipinski definition) is 5. The van der Waals surface area contributed by atoms with Crippen molar-refractivity contribution in [3.8, 4) is 0 Å². The molecule has 2 heterocycles. The van der Waals surface area contributed by atoms with Crippen LogP contribution in [0.1, 0.15) is 35.1 Å². The molecule has 0 aliphatic rings. The predicted molar refractivity (Wildman–Crippen MR) is 75.4 cm³/mol. The van der Waals surface area contributed by atoms with E-state index in [1.165, 1.54) is 0 Å². The molecule has 0 amide bonds. The molecule has 2 aromatic rings. The normalized spacial score (nSPS) is 12.5. The van der Waals surface area contributed by atoms with Crippen LogP contribution in [0.3, 0.4) is 0 Å². The number of hydrogen-bond donors (Lipinski definition) is 1. The van der Waals surface area contributed by atoms with Crippen LogP contribution in [0.25, 0.3) is 0 Å². The molecule has 96 valence electrons. The second kappa shape index (κ2) is 5.20. The molecule has 0 aliphatic heterocycles. The van der Waals surface area contributed by atoms with Crippen molar-refractivity contribution < 1.29 is 0 Å². The van der Waals surface area contributed by atoms with E-state index < -0.39 is 0 Å². The predicted octanol–water partition coefficient (Wildman–Crippen LogP) is 3.68. The monoisotopic (exact) mass is 282 g/mol. The summed E-state index contributed by atoms with van der Waals surface area (Å²) in [6, 6.07) is 0.104. The van der Waals surface area contributed by atoms with E-state index in [1.807, 2.05) is 26.2 Å². The number of halogens is 1. The molecule has 2 aromatic heterocycles. The quantitative estimate of drug-likeness (QED) is 0.873. The van der Waals surface area contributed by atoms with Gasteiger partial charge in [-0.05, 0) is 27.7 Å². The van der Waals surface area contributed by atoms with Crippen LogP contribution in [0.2, 0.25) is 5.15 Å². The Bertz CT molecular complexity index is 567. The van der Waals surface area contributed by atoms with E-state index in [-0.39, 0.29) is 6.04 Å². The molecule has 0 spiro atoms. The lowest BCUT2D eigenvalue weighted by Crippen LogP contribution is -2.10. The molecule has 0 bridgehead atoms. The molecule has 0 aromatic carbocycles. The van der Waals surface area contributed by atoms with Crippen LogP contribution in [0.4, 0.5) is 5.82 Å². The van der Waals surface area contributed by atoms with Crippen molar-refractivity contribution >= 4 is 28.8 Å². The van der Waals surface area contributed by atoms with Crippen LogP contribution in [-0.4, -0.2) is 15.0 Å². The Balaban J connectivity index is 2.24. The number of nitrogens with one attached hydrogen (secondary N) is 1. The van der Waals surface area contributed by atoms with E-state index in [2.05, 4.69) is 27.2 Å². The summed E-state index contributed by atoms with van der Waals surface area (Å²) in [5, 5.41) is 6.91. The number of anilines is 1. The second-order valence-corrected chi connectivity index (χ2v) is 5.48. The highest BCUT2D eigenvalue weighted by molar-refractivity contribution is 7.09. The minimum atomic E-state index is 0.104. The lowest BCUT2D eigenvalue weighted by atomic mass is 10.3. The van der Waals surface area contributed by atoms with Gasteiger partial charge in [0.05, 0.1) is 6.04 Å². The Hall–Kier alpha value is -1.20. The van der Waals surface area contributed by atoms with E-state index in [4.69, 9.17) is 11.6 Å². The molecule has 18 heavy (non-hydrogen) atoms. The van der Waals surface area contributed by atoms with Crippen LogP contribution in [-0.2, 0) is 0 Å². The van der Waals surface area contributed by atoms with Gasteiger partial charge in [-0.2, -0.15) is 0 Å². The molecule has 0 aliphatic carbocycles. The first-order chi connectivity index (χ1) is 8.47. The van der Waals surface area contributed by atoms with Gasteiger partial charge in [-0.15, -0.1) is 11.3 Å². The van der Waals surface area contributed by atoms with Crippen molar-refractivity contribution in [2.75, 3.05) is 5.32 Å². The number of nitrogens with zero attached hydrogens (tertiary/aromatic N) is 3. The van der Waals surface area contributed by atoms with Crippen LogP contribution < -0.4 is 5.32 Å². The molecule has 2 rings (SSSR count). The zero-order valence-corrected chi connectivity index (χ0v) is 12.4. The summed E-state index contributed by atoms with van der Waals surface area (Å²) in [6.07, 6.45) is 0. The molecular weight excluding hydrogens is 268 g/mol. The summed E-state index contributed by atoms with van der Waals surface area (Å²) in [7, 11) is 0. The Morgan fingerprint density at radius 3 is 2.56 bits per heavy atom. The van der Waals surface area contributed by atoms with Gasteiger partial charge in [-0.3, -0.25) is 0 Å². The van der Waals surface area contributed by atoms with Gasteiger partial charge in [0.2, 0.25) is 0 Å². The standard InChI is InChI=1S/C12H15ClN4S/c1-6-5-18-12(14-6)8(3)15-11-7(2)10(13)16-9(4)17-11/h5,8H,1-4H3,(H,15,16,17). The van der Waals surface area contributed by atoms with Gasteiger partial charge in [0.15, 0.2) is 0 Å². The summed E-state index contributed by atoms with van der Waals surface area (Å²) < 4.78 is 0. The van der Waals surface area contributed by atoms with Crippen molar-refractivity contribution in [1.29, 1.82) is 0 Å². The highest BCUT2D eigenvalue weighted by Gasteiger charge is 2.13. The number of thiazole rings is 1. The van der Waals surface area contributed by atoms with Gasteiger partial charge in [-0.1, -0.05) is 11.6 Å². The zero-order chi connectivity index (χ0) is 13.3. The second-order valence-electron chi connectivity index (χ2n) is 4.23. The van der Waals surface area contributed by atoms with Crippen LogP contribution >= 0.6 is 22.9 Å². The molecule has 1 N–H and O–H groups in total. The van der Waals surface area contributed by atoms with E-state index in [9.17, 15) is 0 Å². The molecule has 4 nitrogen and oxygen atoms in total. The SMILES string of the molecule is Cc1csc(C(C)Nc2nc(C)nc(Cl)c2C)n1. The third-order valence-corrected chi connectivity index (χ3v) is 4.07. The highest BCUT2D eigenvalue weighted by atomic mass is 35.5. The summed E-state index contributed by atoms with van der Waals surface area (Å²) >= 11 is 7.69. The van der Waals surface area contributed by atoms with Gasteiger partial charge in [0, 0.05) is 16.6 Å². The molecule has 0 saturated carbocycles. The first kappa shape index (κ1) is 13.2.